The van der Waals surface area contributed by atoms with Gasteiger partial charge in [0.25, 0.3) is 0 Å². The molecule has 2 aliphatic heterocycles. The second-order valence-electron chi connectivity index (χ2n) is 8.97. The molecule has 1 atom stereocenters. The van der Waals surface area contributed by atoms with Gasteiger partial charge in [-0.15, -0.1) is 0 Å². The van der Waals surface area contributed by atoms with E-state index in [-0.39, 0.29) is 10.9 Å². The Morgan fingerprint density at radius 1 is 1.29 bits per heavy atom. The fraction of sp³-hybridized carbons (Fsp3) is 0.714. The largest absolute Gasteiger partial charge is 0.490 e. The van der Waals surface area contributed by atoms with Gasteiger partial charge in [0.1, 0.15) is 10.7 Å². The highest BCUT2D eigenvalue weighted by molar-refractivity contribution is 9.10. The Morgan fingerprint density at radius 2 is 1.94 bits per heavy atom. The number of carbonyl (C=O) groups is 1. The van der Waals surface area contributed by atoms with Gasteiger partial charge < -0.3 is 15.3 Å². The van der Waals surface area contributed by atoms with Crippen molar-refractivity contribution in [2.45, 2.75) is 66.8 Å². The topological polar surface area (TPSA) is 112 Å². The highest BCUT2D eigenvalue weighted by Gasteiger charge is 2.42. The molecule has 1 saturated carbocycles. The number of nitrogens with zero attached hydrogens (tertiary/aromatic N) is 2. The van der Waals surface area contributed by atoms with E-state index in [2.05, 4.69) is 47.6 Å². The number of rotatable bonds is 7. The van der Waals surface area contributed by atoms with Crippen molar-refractivity contribution in [2.24, 2.45) is 0 Å². The number of halogens is 4. The van der Waals surface area contributed by atoms with Gasteiger partial charge in [-0.05, 0) is 79.4 Å². The molecule has 8 nitrogen and oxygen atoms in total. The molecule has 4 rings (SSSR count). The average molecular weight is 604 g/mol. The SMILES string of the molecule is O=C(O)C(F)(F)F.O=S(=O)(NCCN1CCCC1)c1cc(Br)cnc1NC1CCSC2(CCC2)C1. The van der Waals surface area contributed by atoms with Crippen molar-refractivity contribution in [3.8, 4) is 0 Å². The van der Waals surface area contributed by atoms with E-state index < -0.39 is 22.2 Å². The molecule has 2 saturated heterocycles. The van der Waals surface area contributed by atoms with Gasteiger partial charge in [-0.2, -0.15) is 24.9 Å². The lowest BCUT2D eigenvalue weighted by Crippen LogP contribution is -2.43. The van der Waals surface area contributed by atoms with Gasteiger partial charge in [0, 0.05) is 34.5 Å². The maximum Gasteiger partial charge on any atom is 0.490 e. The fourth-order valence-electron chi connectivity index (χ4n) is 4.42. The molecule has 1 spiro atoms. The molecule has 198 valence electrons. The third kappa shape index (κ3) is 8.20. The summed E-state index contributed by atoms with van der Waals surface area (Å²) in [7, 11) is -3.61. The van der Waals surface area contributed by atoms with E-state index in [9.17, 15) is 21.6 Å². The van der Waals surface area contributed by atoms with Crippen LogP contribution < -0.4 is 10.0 Å². The fourth-order valence-corrected chi connectivity index (χ4v) is 7.80. The van der Waals surface area contributed by atoms with Crippen LogP contribution in [0, 0.1) is 0 Å². The molecule has 1 aromatic rings. The normalized spacial score (nSPS) is 22.2. The molecule has 1 unspecified atom stereocenters. The zero-order valence-corrected chi connectivity index (χ0v) is 22.3. The van der Waals surface area contributed by atoms with Gasteiger partial charge in [0.15, 0.2) is 0 Å². The van der Waals surface area contributed by atoms with Crippen molar-refractivity contribution >= 4 is 49.5 Å². The molecule has 0 radical (unpaired) electrons. The molecule has 3 aliphatic rings. The maximum atomic E-state index is 13.0. The summed E-state index contributed by atoms with van der Waals surface area (Å²) in [6.45, 7) is 3.31. The van der Waals surface area contributed by atoms with Gasteiger partial charge in [0.2, 0.25) is 10.0 Å². The van der Waals surface area contributed by atoms with Crippen molar-refractivity contribution in [3.63, 3.8) is 0 Å². The summed E-state index contributed by atoms with van der Waals surface area (Å²) in [4.78, 5) is 15.9. The number of nitrogens with one attached hydrogen (secondary N) is 2. The highest BCUT2D eigenvalue weighted by atomic mass is 79.9. The number of hydrogen-bond donors (Lipinski definition) is 3. The van der Waals surface area contributed by atoms with Gasteiger partial charge in [-0.1, -0.05) is 6.42 Å². The zero-order valence-electron chi connectivity index (χ0n) is 19.1. The number of carboxylic acids is 1. The monoisotopic (exact) mass is 602 g/mol. The van der Waals surface area contributed by atoms with E-state index in [1.54, 1.807) is 12.3 Å². The van der Waals surface area contributed by atoms with Crippen LogP contribution in [0.2, 0.25) is 0 Å². The smallest absolute Gasteiger partial charge is 0.475 e. The summed E-state index contributed by atoms with van der Waals surface area (Å²) in [5.41, 5.74) is 0. The van der Waals surface area contributed by atoms with E-state index in [0.717, 1.165) is 38.2 Å². The van der Waals surface area contributed by atoms with Gasteiger partial charge >= 0.3 is 12.1 Å². The van der Waals surface area contributed by atoms with Crippen molar-refractivity contribution in [3.05, 3.63) is 16.7 Å². The number of alkyl halides is 3. The molecule has 3 N–H and O–H groups in total. The Kier molecular flexibility index (Phi) is 9.74. The summed E-state index contributed by atoms with van der Waals surface area (Å²) in [6, 6.07) is 1.94. The van der Waals surface area contributed by atoms with E-state index >= 15 is 0 Å². The van der Waals surface area contributed by atoms with E-state index in [0.29, 0.717) is 21.6 Å². The third-order valence-corrected chi connectivity index (χ3v) is 9.90. The van der Waals surface area contributed by atoms with Crippen LogP contribution in [0.1, 0.15) is 44.9 Å². The number of aromatic nitrogens is 1. The molecule has 1 aliphatic carbocycles. The summed E-state index contributed by atoms with van der Waals surface area (Å²) in [6.07, 6.45) is 5.02. The number of pyridine rings is 1. The second kappa shape index (κ2) is 12.0. The zero-order chi connectivity index (χ0) is 25.7. The van der Waals surface area contributed by atoms with Crippen LogP contribution in [-0.4, -0.2) is 78.3 Å². The Bertz CT molecular complexity index is 987. The Morgan fingerprint density at radius 3 is 2.51 bits per heavy atom. The molecule has 35 heavy (non-hydrogen) atoms. The van der Waals surface area contributed by atoms with E-state index in [1.807, 2.05) is 0 Å². The summed E-state index contributed by atoms with van der Waals surface area (Å²) in [5.74, 6) is -1.15. The Labute approximate surface area is 216 Å². The summed E-state index contributed by atoms with van der Waals surface area (Å²) in [5, 5.41) is 10.6. The number of carboxylic acid groups (broad SMARTS) is 1. The van der Waals surface area contributed by atoms with Gasteiger partial charge in [-0.3, -0.25) is 0 Å². The van der Waals surface area contributed by atoms with Gasteiger partial charge in [0.05, 0.1) is 0 Å². The number of hydrogen-bond acceptors (Lipinski definition) is 7. The Balaban J connectivity index is 0.000000429. The minimum absolute atomic E-state index is 0.240. The summed E-state index contributed by atoms with van der Waals surface area (Å²) >= 11 is 5.48. The highest BCUT2D eigenvalue weighted by Crippen LogP contribution is 2.51. The number of likely N-dealkylation sites (tertiary alicyclic amines) is 1. The number of aliphatic carboxylic acids is 1. The summed E-state index contributed by atoms with van der Waals surface area (Å²) < 4.78 is 61.6. The molecule has 3 fully saturated rings. The molecule has 1 aromatic heterocycles. The predicted molar refractivity (Wildman–Crippen MR) is 132 cm³/mol. The number of sulfonamides is 1. The quantitative estimate of drug-likeness (QED) is 0.428. The van der Waals surface area contributed by atoms with Crippen LogP contribution in [0.5, 0.6) is 0 Å². The number of thioether (sulfide) groups is 1. The van der Waals surface area contributed by atoms with Crippen LogP contribution in [0.3, 0.4) is 0 Å². The van der Waals surface area contributed by atoms with Crippen molar-refractivity contribution in [1.82, 2.24) is 14.6 Å². The third-order valence-electron chi connectivity index (χ3n) is 6.37. The van der Waals surface area contributed by atoms with Crippen LogP contribution in [-0.2, 0) is 14.8 Å². The molecule has 0 aromatic carbocycles. The molecule has 14 heteroatoms. The second-order valence-corrected chi connectivity index (χ2v) is 13.2. The first-order chi connectivity index (χ1) is 16.4. The van der Waals surface area contributed by atoms with Crippen LogP contribution in [0.25, 0.3) is 0 Å². The first-order valence-electron chi connectivity index (χ1n) is 11.5. The minimum Gasteiger partial charge on any atom is -0.475 e. The maximum absolute atomic E-state index is 13.0. The van der Waals surface area contributed by atoms with Gasteiger partial charge in [-0.25, -0.2) is 22.9 Å². The first-order valence-corrected chi connectivity index (χ1v) is 14.7. The molecular weight excluding hydrogens is 573 g/mol. The van der Waals surface area contributed by atoms with Crippen molar-refractivity contribution in [1.29, 1.82) is 0 Å². The minimum atomic E-state index is -5.08. The molecule has 0 amide bonds. The lowest BCUT2D eigenvalue weighted by molar-refractivity contribution is -0.192. The molecule has 3 heterocycles. The Hall–Kier alpha value is -1.09. The van der Waals surface area contributed by atoms with E-state index in [1.165, 1.54) is 32.1 Å². The molecule has 0 bridgehead atoms. The number of anilines is 1. The van der Waals surface area contributed by atoms with Crippen LogP contribution in [0.4, 0.5) is 19.0 Å². The standard InChI is InChI=1S/C19H29BrN4O2S2.C2HF3O2/c20-15-12-17(28(25,26)22-7-10-24-8-1-2-9-24)18(21-14-15)23-16-4-11-27-19(13-16)5-3-6-19;3-2(4,5)1(6)7/h12,14,16,22H,1-11,13H2,(H,21,23);(H,6,7). The van der Waals surface area contributed by atoms with Crippen molar-refractivity contribution in [2.75, 3.05) is 37.2 Å². The lowest BCUT2D eigenvalue weighted by atomic mass is 9.79. The van der Waals surface area contributed by atoms with Crippen LogP contribution in [0.15, 0.2) is 21.6 Å². The van der Waals surface area contributed by atoms with Crippen molar-refractivity contribution < 1.29 is 31.5 Å². The lowest BCUT2D eigenvalue weighted by Gasteiger charge is -2.47. The average Bonchev–Trinajstić information content (AvgIpc) is 3.27. The van der Waals surface area contributed by atoms with E-state index in [4.69, 9.17) is 9.90 Å². The first kappa shape index (κ1) is 28.5. The predicted octanol–water partition coefficient (Wildman–Crippen LogP) is 4.08. The molecular formula is C21H30BrF3N4O4S2. The van der Waals surface area contributed by atoms with Crippen LogP contribution >= 0.6 is 27.7 Å².